The van der Waals surface area contributed by atoms with Crippen LogP contribution < -0.4 is 10.1 Å². The summed E-state index contributed by atoms with van der Waals surface area (Å²) in [6, 6.07) is 11.8. The molecule has 0 bridgehead atoms. The van der Waals surface area contributed by atoms with E-state index in [1.165, 1.54) is 12.1 Å². The third-order valence-corrected chi connectivity index (χ3v) is 3.58. The van der Waals surface area contributed by atoms with Crippen LogP contribution in [-0.4, -0.2) is 26.0 Å². The van der Waals surface area contributed by atoms with E-state index >= 15 is 0 Å². The Morgan fingerprint density at radius 3 is 2.50 bits per heavy atom. The van der Waals surface area contributed by atoms with Gasteiger partial charge >= 0.3 is 5.82 Å². The minimum absolute atomic E-state index is 0.0764. The topological polar surface area (TPSA) is 153 Å². The summed E-state index contributed by atoms with van der Waals surface area (Å²) in [5.74, 6) is -0.608. The second kappa shape index (κ2) is 7.53. The van der Waals surface area contributed by atoms with E-state index in [1.54, 1.807) is 18.2 Å². The van der Waals surface area contributed by atoms with E-state index in [4.69, 9.17) is 4.74 Å². The van der Waals surface area contributed by atoms with Gasteiger partial charge in [-0.1, -0.05) is 17.2 Å². The fourth-order valence-corrected chi connectivity index (χ4v) is 2.35. The van der Waals surface area contributed by atoms with Gasteiger partial charge in [0.1, 0.15) is 11.5 Å². The van der Waals surface area contributed by atoms with Crippen LogP contribution in [0, 0.1) is 27.2 Å². The molecule has 1 aromatic heterocycles. The molecule has 0 fully saturated rings. The molecule has 142 valence electrons. The molecule has 11 nitrogen and oxygen atoms in total. The summed E-state index contributed by atoms with van der Waals surface area (Å²) in [5, 5.41) is 29.9. The molecule has 1 amide bonds. The average Bonchev–Trinajstić information content (AvgIpc) is 3.12. The molecule has 2 aromatic carbocycles. The lowest BCUT2D eigenvalue weighted by Crippen LogP contribution is -2.12. The molecule has 0 saturated carbocycles. The predicted octanol–water partition coefficient (Wildman–Crippen LogP) is 3.58. The van der Waals surface area contributed by atoms with Crippen LogP contribution in [0.5, 0.6) is 11.5 Å². The van der Waals surface area contributed by atoms with Crippen molar-refractivity contribution >= 4 is 23.1 Å². The first-order valence-electron chi connectivity index (χ1n) is 7.87. The highest BCUT2D eigenvalue weighted by atomic mass is 16.6. The molecular formula is C17H13N5O6. The Hall–Kier alpha value is -4.28. The third-order valence-electron chi connectivity index (χ3n) is 3.58. The van der Waals surface area contributed by atoms with Gasteiger partial charge in [0.05, 0.1) is 22.7 Å². The molecule has 0 saturated heterocycles. The van der Waals surface area contributed by atoms with Gasteiger partial charge in [-0.2, -0.15) is 0 Å². The fourth-order valence-electron chi connectivity index (χ4n) is 2.35. The van der Waals surface area contributed by atoms with Crippen molar-refractivity contribution in [1.29, 1.82) is 0 Å². The molecule has 0 atom stereocenters. The van der Waals surface area contributed by atoms with Crippen LogP contribution in [0.3, 0.4) is 0 Å². The first-order chi connectivity index (χ1) is 13.3. The van der Waals surface area contributed by atoms with Crippen LogP contribution in [0.25, 0.3) is 0 Å². The number of nitrogens with one attached hydrogen (secondary N) is 2. The number of hydrogen-bond acceptors (Lipinski definition) is 7. The van der Waals surface area contributed by atoms with Gasteiger partial charge in [-0.25, -0.2) is 0 Å². The summed E-state index contributed by atoms with van der Waals surface area (Å²) in [5.41, 5.74) is 0.483. The summed E-state index contributed by atoms with van der Waals surface area (Å²) in [4.78, 5) is 32.7. The smallest absolute Gasteiger partial charge is 0.343 e. The number of hydrogen-bond donors (Lipinski definition) is 2. The SMILES string of the molecule is Cc1cccc(Oc2cc(NC(=O)c3cc([N+](=O)[O-])[nH]n3)cc([N+](=O)[O-])c2)c1. The van der Waals surface area contributed by atoms with Crippen molar-refractivity contribution in [3.05, 3.63) is 80.0 Å². The average molecular weight is 383 g/mol. The van der Waals surface area contributed by atoms with E-state index < -0.39 is 21.6 Å². The molecule has 0 aliphatic rings. The summed E-state index contributed by atoms with van der Waals surface area (Å²) in [6.07, 6.45) is 0. The number of nitro benzene ring substituents is 1. The van der Waals surface area contributed by atoms with E-state index in [0.717, 1.165) is 17.7 Å². The maximum atomic E-state index is 12.2. The molecule has 0 unspecified atom stereocenters. The lowest BCUT2D eigenvalue weighted by molar-refractivity contribution is -0.389. The number of benzene rings is 2. The zero-order chi connectivity index (χ0) is 20.3. The molecule has 3 rings (SSSR count). The number of aromatic amines is 1. The lowest BCUT2D eigenvalue weighted by Gasteiger charge is -2.09. The van der Waals surface area contributed by atoms with Crippen LogP contribution in [0.4, 0.5) is 17.2 Å². The molecule has 0 radical (unpaired) electrons. The van der Waals surface area contributed by atoms with Crippen LogP contribution in [-0.2, 0) is 0 Å². The maximum absolute atomic E-state index is 12.2. The van der Waals surface area contributed by atoms with Crippen molar-refractivity contribution in [2.24, 2.45) is 0 Å². The number of rotatable bonds is 6. The first kappa shape index (κ1) is 18.5. The standard InChI is InChI=1S/C17H13N5O6/c1-10-3-2-4-13(5-10)28-14-7-11(6-12(8-14)21(24)25)18-17(23)15-9-16(20-19-15)22(26)27/h2-9H,1H3,(H,18,23)(H,19,20). The van der Waals surface area contributed by atoms with Crippen molar-refractivity contribution in [2.45, 2.75) is 6.92 Å². The molecule has 0 aliphatic heterocycles. The summed E-state index contributed by atoms with van der Waals surface area (Å²) in [6.45, 7) is 1.87. The van der Waals surface area contributed by atoms with Gasteiger partial charge in [-0.15, -0.1) is 5.10 Å². The quantitative estimate of drug-likeness (QED) is 0.487. The Bertz CT molecular complexity index is 1080. The van der Waals surface area contributed by atoms with E-state index in [1.807, 2.05) is 13.0 Å². The number of ether oxygens (including phenoxy) is 1. The van der Waals surface area contributed by atoms with E-state index in [0.29, 0.717) is 5.75 Å². The first-order valence-corrected chi connectivity index (χ1v) is 7.87. The number of nitro groups is 2. The second-order valence-electron chi connectivity index (χ2n) is 5.74. The number of carbonyl (C=O) groups excluding carboxylic acids is 1. The largest absolute Gasteiger partial charge is 0.457 e. The number of H-pyrrole nitrogens is 1. The third kappa shape index (κ3) is 4.27. The van der Waals surface area contributed by atoms with Crippen molar-refractivity contribution < 1.29 is 19.4 Å². The van der Waals surface area contributed by atoms with Gasteiger partial charge in [0.2, 0.25) is 0 Å². The molecule has 0 aliphatic carbocycles. The molecule has 2 N–H and O–H groups in total. The maximum Gasteiger partial charge on any atom is 0.343 e. The summed E-state index contributed by atoms with van der Waals surface area (Å²) >= 11 is 0. The molecule has 28 heavy (non-hydrogen) atoms. The Labute approximate surface area is 157 Å². The number of anilines is 1. The minimum atomic E-state index is -0.772. The zero-order valence-corrected chi connectivity index (χ0v) is 14.4. The van der Waals surface area contributed by atoms with Gasteiger partial charge in [0.25, 0.3) is 11.6 Å². The molecule has 11 heteroatoms. The molecular weight excluding hydrogens is 370 g/mol. The summed E-state index contributed by atoms with van der Waals surface area (Å²) < 4.78 is 5.65. The number of carbonyl (C=O) groups is 1. The molecule has 0 spiro atoms. The van der Waals surface area contributed by atoms with Crippen LogP contribution >= 0.6 is 0 Å². The lowest BCUT2D eigenvalue weighted by atomic mass is 10.2. The second-order valence-corrected chi connectivity index (χ2v) is 5.74. The van der Waals surface area contributed by atoms with Crippen LogP contribution in [0.1, 0.15) is 16.1 Å². The van der Waals surface area contributed by atoms with Gasteiger partial charge in [0.15, 0.2) is 5.69 Å². The van der Waals surface area contributed by atoms with Crippen molar-refractivity contribution in [3.8, 4) is 11.5 Å². The van der Waals surface area contributed by atoms with Crippen LogP contribution in [0.15, 0.2) is 48.5 Å². The van der Waals surface area contributed by atoms with Gasteiger partial charge in [0, 0.05) is 12.1 Å². The number of non-ortho nitro benzene ring substituents is 1. The Morgan fingerprint density at radius 1 is 1.07 bits per heavy atom. The van der Waals surface area contributed by atoms with E-state index in [-0.39, 0.29) is 22.8 Å². The highest BCUT2D eigenvalue weighted by Gasteiger charge is 2.18. The van der Waals surface area contributed by atoms with Crippen molar-refractivity contribution in [2.75, 3.05) is 5.32 Å². The van der Waals surface area contributed by atoms with E-state index in [9.17, 15) is 25.0 Å². The predicted molar refractivity (Wildman–Crippen MR) is 97.5 cm³/mol. The number of aryl methyl sites for hydroxylation is 1. The number of amides is 1. The fraction of sp³-hybridized carbons (Fsp3) is 0.0588. The van der Waals surface area contributed by atoms with Gasteiger partial charge in [-0.3, -0.25) is 14.9 Å². The Balaban J connectivity index is 1.87. The number of nitrogens with zero attached hydrogens (tertiary/aromatic N) is 3. The van der Waals surface area contributed by atoms with Crippen LogP contribution in [0.2, 0.25) is 0 Å². The highest BCUT2D eigenvalue weighted by molar-refractivity contribution is 6.03. The molecule has 3 aromatic rings. The number of aromatic nitrogens is 2. The summed E-state index contributed by atoms with van der Waals surface area (Å²) in [7, 11) is 0. The monoisotopic (exact) mass is 383 g/mol. The Morgan fingerprint density at radius 2 is 1.86 bits per heavy atom. The van der Waals surface area contributed by atoms with Crippen molar-refractivity contribution in [3.63, 3.8) is 0 Å². The molecule has 1 heterocycles. The Kier molecular flexibility index (Phi) is 4.98. The van der Waals surface area contributed by atoms with Crippen molar-refractivity contribution in [1.82, 2.24) is 10.2 Å². The minimum Gasteiger partial charge on any atom is -0.457 e. The highest BCUT2D eigenvalue weighted by Crippen LogP contribution is 2.30. The zero-order valence-electron chi connectivity index (χ0n) is 14.4. The van der Waals surface area contributed by atoms with E-state index in [2.05, 4.69) is 15.5 Å². The van der Waals surface area contributed by atoms with Gasteiger partial charge < -0.3 is 20.2 Å². The van der Waals surface area contributed by atoms with Gasteiger partial charge in [-0.05, 0) is 29.5 Å². The normalized spacial score (nSPS) is 10.3.